The number of methoxy groups -OCH3 is 2. The summed E-state index contributed by atoms with van der Waals surface area (Å²) < 4.78 is 30.6. The lowest BCUT2D eigenvalue weighted by atomic mass is 10.7. The minimum atomic E-state index is -3.02. The van der Waals surface area contributed by atoms with Crippen molar-refractivity contribution < 1.29 is 32.9 Å². The summed E-state index contributed by atoms with van der Waals surface area (Å²) in [7, 11) is 0.183. The van der Waals surface area contributed by atoms with Gasteiger partial charge in [-0.25, -0.2) is 0 Å². The first-order chi connectivity index (χ1) is 9.68. The van der Waals surface area contributed by atoms with Crippen LogP contribution in [0.25, 0.3) is 0 Å². The van der Waals surface area contributed by atoms with Crippen LogP contribution in [0, 0.1) is 0 Å². The van der Waals surface area contributed by atoms with Crippen LogP contribution >= 0.6 is 7.94 Å². The molecule has 0 atom stereocenters. The van der Waals surface area contributed by atoms with Crippen molar-refractivity contribution in [3.63, 3.8) is 0 Å². The first kappa shape index (κ1) is 19.9. The molecule has 0 bridgehead atoms. The van der Waals surface area contributed by atoms with Gasteiger partial charge >= 0.3 is 7.94 Å². The maximum absolute atomic E-state index is 10.0. The zero-order chi connectivity index (χ0) is 15.1. The van der Waals surface area contributed by atoms with Crippen LogP contribution in [-0.4, -0.2) is 72.0 Å². The lowest BCUT2D eigenvalue weighted by molar-refractivity contribution is 0.0374. The van der Waals surface area contributed by atoms with E-state index in [0.29, 0.717) is 39.6 Å². The van der Waals surface area contributed by atoms with Crippen LogP contribution < -0.4 is 0 Å². The smallest absolute Gasteiger partial charge is 0.382 e. The highest BCUT2D eigenvalue weighted by Crippen LogP contribution is 2.57. The van der Waals surface area contributed by atoms with Gasteiger partial charge in [0, 0.05) is 14.2 Å². The highest BCUT2D eigenvalue weighted by Gasteiger charge is 2.36. The molecular formula is C12H26O7P+. The minimum Gasteiger partial charge on any atom is -0.382 e. The summed E-state index contributed by atoms with van der Waals surface area (Å²) >= 11 is 0. The van der Waals surface area contributed by atoms with E-state index in [1.165, 1.54) is 5.82 Å². The van der Waals surface area contributed by atoms with Gasteiger partial charge in [0.05, 0.1) is 39.6 Å². The van der Waals surface area contributed by atoms with Gasteiger partial charge in [-0.3, -0.25) is 0 Å². The topological polar surface area (TPSA) is 75.6 Å². The lowest BCUT2D eigenvalue weighted by Gasteiger charge is -2.13. The summed E-state index contributed by atoms with van der Waals surface area (Å²) in [4.78, 5) is 10.0. The largest absolute Gasteiger partial charge is 0.438 e. The summed E-state index contributed by atoms with van der Waals surface area (Å²) in [6.07, 6.45) is 0. The Hall–Kier alpha value is -0.110. The van der Waals surface area contributed by atoms with E-state index in [-0.39, 0.29) is 13.2 Å². The molecule has 0 amide bonds. The molecule has 0 spiro atoms. The van der Waals surface area contributed by atoms with Crippen LogP contribution in [0.5, 0.6) is 0 Å². The summed E-state index contributed by atoms with van der Waals surface area (Å²) in [5.74, 6) is 1.29. The van der Waals surface area contributed by atoms with Crippen LogP contribution in [0.4, 0.5) is 0 Å². The van der Waals surface area contributed by atoms with E-state index >= 15 is 0 Å². The van der Waals surface area contributed by atoms with E-state index < -0.39 is 7.94 Å². The van der Waals surface area contributed by atoms with Crippen molar-refractivity contribution in [3.05, 3.63) is 12.4 Å². The highest BCUT2D eigenvalue weighted by atomic mass is 31.2. The molecule has 0 rings (SSSR count). The lowest BCUT2D eigenvalue weighted by Crippen LogP contribution is -2.12. The molecule has 0 aliphatic rings. The van der Waals surface area contributed by atoms with Gasteiger partial charge < -0.3 is 18.9 Å². The van der Waals surface area contributed by atoms with Gasteiger partial charge in [-0.15, -0.1) is 0 Å². The van der Waals surface area contributed by atoms with Gasteiger partial charge in [0.2, 0.25) is 0 Å². The molecule has 0 aromatic heterocycles. The second-order valence-electron chi connectivity index (χ2n) is 3.62. The van der Waals surface area contributed by atoms with E-state index in [0.717, 1.165) is 0 Å². The third-order valence-electron chi connectivity index (χ3n) is 2.10. The maximum Gasteiger partial charge on any atom is 0.438 e. The summed E-state index contributed by atoms with van der Waals surface area (Å²) in [6, 6.07) is 0. The average Bonchev–Trinajstić information content (AvgIpc) is 2.46. The van der Waals surface area contributed by atoms with Gasteiger partial charge in [-0.05, 0) is 0 Å². The van der Waals surface area contributed by atoms with E-state index in [9.17, 15) is 4.89 Å². The molecule has 0 aromatic carbocycles. The standard InChI is InChI=1S/C12H26O7P/c1-4-20(13,18-11-9-16-7-5-14-2)19-12-10-17-8-6-15-3/h4,13H,1,5-12H2,2-3H3/q+1. The zero-order valence-corrected chi connectivity index (χ0v) is 13.2. The van der Waals surface area contributed by atoms with Crippen LogP contribution in [-0.2, 0) is 28.0 Å². The Labute approximate surface area is 121 Å². The van der Waals surface area contributed by atoms with Crippen LogP contribution in [0.1, 0.15) is 0 Å². The van der Waals surface area contributed by atoms with E-state index in [1.807, 2.05) is 0 Å². The highest BCUT2D eigenvalue weighted by molar-refractivity contribution is 7.63. The molecular weight excluding hydrogens is 287 g/mol. The average molecular weight is 313 g/mol. The third kappa shape index (κ3) is 11.7. The molecule has 0 aromatic rings. The molecule has 8 heteroatoms. The molecule has 0 aliphatic carbocycles. The molecule has 1 N–H and O–H groups in total. The molecule has 0 fully saturated rings. The second-order valence-corrected chi connectivity index (χ2v) is 5.63. The molecule has 120 valence electrons. The Morgan fingerprint density at radius 3 is 1.55 bits per heavy atom. The molecule has 20 heavy (non-hydrogen) atoms. The van der Waals surface area contributed by atoms with E-state index in [1.54, 1.807) is 14.2 Å². The van der Waals surface area contributed by atoms with Gasteiger partial charge in [0.25, 0.3) is 0 Å². The number of hydrogen-bond donors (Lipinski definition) is 1. The van der Waals surface area contributed by atoms with Crippen LogP contribution in [0.3, 0.4) is 0 Å². The van der Waals surface area contributed by atoms with Gasteiger partial charge in [-0.1, -0.05) is 6.58 Å². The Bertz CT molecular complexity index is 212. The van der Waals surface area contributed by atoms with Gasteiger partial charge in [0.1, 0.15) is 19.0 Å². The fraction of sp³-hybridized carbons (Fsp3) is 0.833. The fourth-order valence-corrected chi connectivity index (χ4v) is 2.04. The number of rotatable bonds is 15. The first-order valence-electron chi connectivity index (χ1n) is 6.36. The van der Waals surface area contributed by atoms with Crippen LogP contribution in [0.2, 0.25) is 0 Å². The van der Waals surface area contributed by atoms with Crippen molar-refractivity contribution in [2.24, 2.45) is 0 Å². The predicted octanol–water partition coefficient (Wildman–Crippen LogP) is 1.24. The minimum absolute atomic E-state index is 0.227. The number of ether oxygens (including phenoxy) is 4. The third-order valence-corrected chi connectivity index (χ3v) is 3.67. The van der Waals surface area contributed by atoms with Crippen molar-refractivity contribution in [1.82, 2.24) is 0 Å². The normalized spacial score (nSPS) is 11.8. The van der Waals surface area contributed by atoms with Gasteiger partial charge in [-0.2, -0.15) is 13.9 Å². The molecule has 0 saturated heterocycles. The Morgan fingerprint density at radius 1 is 0.800 bits per heavy atom. The maximum atomic E-state index is 10.0. The van der Waals surface area contributed by atoms with Crippen LogP contribution in [0.15, 0.2) is 12.4 Å². The summed E-state index contributed by atoms with van der Waals surface area (Å²) in [6.45, 7) is 6.70. The van der Waals surface area contributed by atoms with Gasteiger partial charge in [0.15, 0.2) is 0 Å². The second kappa shape index (κ2) is 13.9. The van der Waals surface area contributed by atoms with E-state index in [2.05, 4.69) is 6.58 Å². The Balaban J connectivity index is 3.60. The number of hydrogen-bond acceptors (Lipinski definition) is 7. The van der Waals surface area contributed by atoms with Crippen molar-refractivity contribution in [2.75, 3.05) is 67.1 Å². The van der Waals surface area contributed by atoms with Crippen molar-refractivity contribution in [2.45, 2.75) is 0 Å². The predicted molar refractivity (Wildman–Crippen MR) is 76.6 cm³/mol. The quantitative estimate of drug-likeness (QED) is 0.360. The fourth-order valence-electron chi connectivity index (χ4n) is 1.09. The monoisotopic (exact) mass is 313 g/mol. The van der Waals surface area contributed by atoms with E-state index in [4.69, 9.17) is 28.0 Å². The summed E-state index contributed by atoms with van der Waals surface area (Å²) in [5, 5.41) is 0. The summed E-state index contributed by atoms with van der Waals surface area (Å²) in [5.41, 5.74) is 0. The molecule has 0 radical (unpaired) electrons. The van der Waals surface area contributed by atoms with Crippen molar-refractivity contribution >= 4 is 7.94 Å². The molecule has 0 saturated carbocycles. The molecule has 7 nitrogen and oxygen atoms in total. The molecule has 0 unspecified atom stereocenters. The van der Waals surface area contributed by atoms with Crippen molar-refractivity contribution in [3.8, 4) is 0 Å². The van der Waals surface area contributed by atoms with Crippen molar-refractivity contribution in [1.29, 1.82) is 0 Å². The SMILES string of the molecule is C=C[P+](O)(OCCOCCOC)OCCOCCOC. The molecule has 0 aliphatic heterocycles. The zero-order valence-electron chi connectivity index (χ0n) is 12.3. The molecule has 0 heterocycles. The Morgan fingerprint density at radius 2 is 1.20 bits per heavy atom. The Kier molecular flexibility index (Phi) is 13.8. The first-order valence-corrected chi connectivity index (χ1v) is 8.00.